The first-order valence-corrected chi connectivity index (χ1v) is 0. The molecule has 0 atom stereocenters. The van der Waals surface area contributed by atoms with Gasteiger partial charge in [-0.1, -0.05) is 0 Å². The quantitative estimate of drug-likeness (QED) is 0.443. The molecule has 2 radical (unpaired) electrons. The maximum absolute atomic E-state index is 0. The summed E-state index contributed by atoms with van der Waals surface area (Å²) in [6, 6.07) is 0. The van der Waals surface area contributed by atoms with Crippen LogP contribution in [0.3, 0.4) is 0 Å². The molecule has 0 aliphatic rings. The van der Waals surface area contributed by atoms with Crippen molar-refractivity contribution in [3.8, 4) is 0 Å². The minimum atomic E-state index is 0. The normalized spacial score (nSPS) is 0. The largest absolute Gasteiger partial charge is 3.00 e. The van der Waals surface area contributed by atoms with Gasteiger partial charge >= 0.3 is 147 Å². The van der Waals surface area contributed by atoms with E-state index in [4.69, 9.17) is 0 Å². The summed E-state index contributed by atoms with van der Waals surface area (Å²) in [6.07, 6.45) is 0. The van der Waals surface area contributed by atoms with Crippen molar-refractivity contribution in [2.24, 2.45) is 0 Å². The van der Waals surface area contributed by atoms with Gasteiger partial charge in [-0.15, -0.1) is 0 Å². The Labute approximate surface area is 148 Å². The summed E-state index contributed by atoms with van der Waals surface area (Å²) < 4.78 is 0. The van der Waals surface area contributed by atoms with E-state index in [-0.39, 0.29) is 153 Å². The second kappa shape index (κ2) is 23.2. The maximum atomic E-state index is 0. The minimum Gasteiger partial charge on any atom is -2.00 e. The fraction of sp³-hybridized carbons (Fsp3) is 0. The third-order valence-electron chi connectivity index (χ3n) is 0. The molecule has 0 N–H and O–H groups in total. The Morgan fingerprint density at radius 1 is 0.800 bits per heavy atom. The summed E-state index contributed by atoms with van der Waals surface area (Å²) >= 11 is 0. The van der Waals surface area contributed by atoms with Gasteiger partial charge in [0.15, 0.2) is 0 Å². The molecule has 0 bridgehead atoms. The summed E-state index contributed by atoms with van der Waals surface area (Å²) in [5.74, 6) is 0. The first kappa shape index (κ1) is 32.8. The van der Waals surface area contributed by atoms with E-state index in [1.54, 1.807) is 0 Å². The molecule has 1 nitrogen and oxygen atoms in total. The van der Waals surface area contributed by atoms with Crippen molar-refractivity contribution in [1.29, 1.82) is 0 Å². The van der Waals surface area contributed by atoms with E-state index < -0.39 is 0 Å². The Balaban J connectivity index is 0. The summed E-state index contributed by atoms with van der Waals surface area (Å²) in [7, 11) is 0. The molecule has 0 rings (SSSR count). The summed E-state index contributed by atoms with van der Waals surface area (Å²) in [5, 5.41) is 0. The first-order chi connectivity index (χ1) is 0. The molecule has 5 heavy (non-hydrogen) atoms. The van der Waals surface area contributed by atoms with Crippen LogP contribution >= 0.6 is 0 Å². The Bertz CT molecular complexity index is 9.61. The van der Waals surface area contributed by atoms with Gasteiger partial charge < -0.3 is 5.48 Å². The van der Waals surface area contributed by atoms with E-state index in [1.807, 2.05) is 0 Å². The molecule has 5 heteroatoms. The summed E-state index contributed by atoms with van der Waals surface area (Å²) in [6.45, 7) is 0. The summed E-state index contributed by atoms with van der Waals surface area (Å²) in [4.78, 5) is 0. The maximum Gasteiger partial charge on any atom is 3.00 e. The van der Waals surface area contributed by atoms with Gasteiger partial charge in [-0.25, -0.2) is 0 Å². The van der Waals surface area contributed by atoms with Crippen molar-refractivity contribution in [3.63, 3.8) is 0 Å². The first-order valence-electron chi connectivity index (χ1n) is 0. The van der Waals surface area contributed by atoms with Gasteiger partial charge in [0.1, 0.15) is 0 Å². The molecular formula is BiCa2OSr+7. The zero-order chi connectivity index (χ0) is 0. The van der Waals surface area contributed by atoms with Crippen LogP contribution in [-0.2, 0) is 5.48 Å². The zero-order valence-electron chi connectivity index (χ0n) is 2.98. The fourth-order valence-corrected chi connectivity index (χ4v) is 0. The molecule has 0 aromatic heterocycles. The van der Waals surface area contributed by atoms with Gasteiger partial charge in [-0.05, 0) is 0 Å². The van der Waals surface area contributed by atoms with E-state index in [2.05, 4.69) is 0 Å². The summed E-state index contributed by atoms with van der Waals surface area (Å²) in [5.41, 5.74) is 0. The van der Waals surface area contributed by atoms with Gasteiger partial charge in [0.25, 0.3) is 0 Å². The average molecular weight is 393 g/mol. The van der Waals surface area contributed by atoms with Crippen LogP contribution in [-0.4, -0.2) is 147 Å². The van der Waals surface area contributed by atoms with E-state index in [0.29, 0.717) is 0 Å². The molecule has 0 aromatic carbocycles. The Hall–Kier alpha value is 4.84. The number of rotatable bonds is 0. The van der Waals surface area contributed by atoms with Crippen molar-refractivity contribution in [1.82, 2.24) is 0 Å². The van der Waals surface area contributed by atoms with Gasteiger partial charge in [-0.2, -0.15) is 0 Å². The monoisotopic (exact) mass is 393 g/mol. The van der Waals surface area contributed by atoms with Crippen molar-refractivity contribution in [3.05, 3.63) is 0 Å². The topological polar surface area (TPSA) is 28.5 Å². The van der Waals surface area contributed by atoms with Crippen molar-refractivity contribution in [2.75, 3.05) is 0 Å². The van der Waals surface area contributed by atoms with Crippen molar-refractivity contribution < 1.29 is 5.48 Å². The molecular weight excluding hydrogens is 393 g/mol. The number of hydrogen-bond donors (Lipinski definition) is 0. The van der Waals surface area contributed by atoms with Crippen molar-refractivity contribution in [2.45, 2.75) is 0 Å². The molecule has 0 aromatic rings. The molecule has 0 amide bonds. The fourth-order valence-electron chi connectivity index (χ4n) is 0. The van der Waals surface area contributed by atoms with Crippen LogP contribution in [0.2, 0.25) is 0 Å². The smallest absolute Gasteiger partial charge is 2.00 e. The zero-order valence-corrected chi connectivity index (χ0v) is 14.3. The third kappa shape index (κ3) is 17.7. The predicted octanol–water partition coefficient (Wildman–Crippen LogP) is -1.64. The molecule has 0 heterocycles. The molecule has 0 fully saturated rings. The molecule has 0 saturated heterocycles. The van der Waals surface area contributed by atoms with Crippen LogP contribution < -0.4 is 0 Å². The minimum absolute atomic E-state index is 0. The Morgan fingerprint density at radius 2 is 0.800 bits per heavy atom. The van der Waals surface area contributed by atoms with Crippen molar-refractivity contribution >= 4 is 147 Å². The van der Waals surface area contributed by atoms with Crippen LogP contribution in [0.4, 0.5) is 0 Å². The predicted molar refractivity (Wildman–Crippen MR) is 23.7 cm³/mol. The standard InChI is InChI=1S/Bi.2Ca.O.Sr/q+3;2*+2;-2;+2. The molecule has 10 valence electrons. The van der Waals surface area contributed by atoms with Crippen LogP contribution in [0.15, 0.2) is 0 Å². The molecule has 0 saturated carbocycles. The molecule has 0 aliphatic carbocycles. The van der Waals surface area contributed by atoms with Gasteiger partial charge in [0, 0.05) is 0 Å². The SMILES string of the molecule is [Bi+3].[Ca+2].[Ca+2].[O-2].[Sr+2]. The number of hydrogen-bond acceptors (Lipinski definition) is 0. The van der Waals surface area contributed by atoms with E-state index in [9.17, 15) is 0 Å². The second-order valence-electron chi connectivity index (χ2n) is 0. The van der Waals surface area contributed by atoms with E-state index in [1.165, 1.54) is 0 Å². The molecule has 0 aliphatic heterocycles. The third-order valence-corrected chi connectivity index (χ3v) is 0. The Kier molecular flexibility index (Phi) is 152. The molecule has 0 spiro atoms. The Morgan fingerprint density at radius 3 is 0.800 bits per heavy atom. The van der Waals surface area contributed by atoms with Crippen LogP contribution in [0.5, 0.6) is 0 Å². The van der Waals surface area contributed by atoms with E-state index in [0.717, 1.165) is 0 Å². The average Bonchev–Trinajstić information content (AvgIpc) is 0. The van der Waals surface area contributed by atoms with Crippen LogP contribution in [0.1, 0.15) is 0 Å². The van der Waals surface area contributed by atoms with Crippen LogP contribution in [0.25, 0.3) is 0 Å². The van der Waals surface area contributed by atoms with Gasteiger partial charge in [-0.3, -0.25) is 0 Å². The van der Waals surface area contributed by atoms with Gasteiger partial charge in [0.05, 0.1) is 0 Å². The second-order valence-corrected chi connectivity index (χ2v) is 0. The van der Waals surface area contributed by atoms with E-state index >= 15 is 0 Å². The van der Waals surface area contributed by atoms with Gasteiger partial charge in [0.2, 0.25) is 0 Å². The van der Waals surface area contributed by atoms with Crippen LogP contribution in [0, 0.1) is 0 Å². The molecule has 0 unspecified atom stereocenters.